The Bertz CT molecular complexity index is 269. The third kappa shape index (κ3) is 2.17. The van der Waals surface area contributed by atoms with E-state index in [0.717, 1.165) is 5.56 Å². The fraction of sp³-hybridized carbons (Fsp3) is 0.444. The van der Waals surface area contributed by atoms with Gasteiger partial charge in [0.1, 0.15) is 0 Å². The molecule has 0 radical (unpaired) electrons. The quantitative estimate of drug-likeness (QED) is 0.703. The standard InChI is InChI=1S/C9H14N2O2/c1-9(10,6-12)7-3-4-8(13-2)11-5-7/h3-5,12H,6,10H2,1-2H3/t9-/m1/s1. The molecule has 1 aromatic heterocycles. The van der Waals surface area contributed by atoms with Crippen LogP contribution in [0.3, 0.4) is 0 Å². The Morgan fingerprint density at radius 1 is 1.62 bits per heavy atom. The molecule has 13 heavy (non-hydrogen) atoms. The van der Waals surface area contributed by atoms with Gasteiger partial charge in [0.05, 0.1) is 19.3 Å². The topological polar surface area (TPSA) is 68.4 Å². The molecule has 3 N–H and O–H groups in total. The van der Waals surface area contributed by atoms with Crippen LogP contribution in [0.15, 0.2) is 18.3 Å². The molecule has 0 unspecified atom stereocenters. The lowest BCUT2D eigenvalue weighted by atomic mass is 9.96. The van der Waals surface area contributed by atoms with Crippen LogP contribution in [-0.2, 0) is 5.54 Å². The van der Waals surface area contributed by atoms with E-state index in [1.807, 2.05) is 0 Å². The van der Waals surface area contributed by atoms with Crippen molar-refractivity contribution in [1.29, 1.82) is 0 Å². The highest BCUT2D eigenvalue weighted by Crippen LogP contribution is 2.17. The van der Waals surface area contributed by atoms with Crippen LogP contribution in [0, 0.1) is 0 Å². The first-order valence-corrected chi connectivity index (χ1v) is 4.00. The lowest BCUT2D eigenvalue weighted by Gasteiger charge is -2.21. The van der Waals surface area contributed by atoms with E-state index in [2.05, 4.69) is 4.98 Å². The molecule has 0 saturated carbocycles. The van der Waals surface area contributed by atoms with E-state index < -0.39 is 5.54 Å². The lowest BCUT2D eigenvalue weighted by molar-refractivity contribution is 0.209. The van der Waals surface area contributed by atoms with Crippen molar-refractivity contribution in [3.05, 3.63) is 23.9 Å². The Morgan fingerprint density at radius 2 is 2.31 bits per heavy atom. The normalized spacial score (nSPS) is 15.1. The van der Waals surface area contributed by atoms with Crippen LogP contribution in [-0.4, -0.2) is 23.8 Å². The molecule has 1 atom stereocenters. The van der Waals surface area contributed by atoms with Gasteiger partial charge in [0.15, 0.2) is 0 Å². The summed E-state index contributed by atoms with van der Waals surface area (Å²) in [6.07, 6.45) is 1.61. The van der Waals surface area contributed by atoms with Crippen molar-refractivity contribution in [3.8, 4) is 5.88 Å². The van der Waals surface area contributed by atoms with E-state index >= 15 is 0 Å². The summed E-state index contributed by atoms with van der Waals surface area (Å²) in [5, 5.41) is 8.99. The molecule has 0 fully saturated rings. The van der Waals surface area contributed by atoms with E-state index in [1.165, 1.54) is 0 Å². The molecule has 1 heterocycles. The summed E-state index contributed by atoms with van der Waals surface area (Å²) in [7, 11) is 1.55. The summed E-state index contributed by atoms with van der Waals surface area (Å²) in [5.74, 6) is 0.539. The second-order valence-electron chi connectivity index (χ2n) is 3.16. The van der Waals surface area contributed by atoms with E-state index in [-0.39, 0.29) is 6.61 Å². The molecule has 0 aromatic carbocycles. The summed E-state index contributed by atoms with van der Waals surface area (Å²) < 4.78 is 4.90. The summed E-state index contributed by atoms with van der Waals surface area (Å²) in [5.41, 5.74) is 5.85. The second kappa shape index (κ2) is 3.72. The maximum Gasteiger partial charge on any atom is 0.212 e. The number of pyridine rings is 1. The zero-order valence-corrected chi connectivity index (χ0v) is 7.82. The van der Waals surface area contributed by atoms with Crippen molar-refractivity contribution in [3.63, 3.8) is 0 Å². The number of aliphatic hydroxyl groups is 1. The highest BCUT2D eigenvalue weighted by atomic mass is 16.5. The SMILES string of the molecule is COc1ccc([C@](C)(N)CO)cn1. The number of aliphatic hydroxyl groups excluding tert-OH is 1. The summed E-state index contributed by atoms with van der Waals surface area (Å²) in [6.45, 7) is 1.64. The maximum absolute atomic E-state index is 8.99. The minimum atomic E-state index is -0.737. The predicted octanol–water partition coefficient (Wildman–Crippen LogP) is 0.256. The molecule has 0 amide bonds. The van der Waals surface area contributed by atoms with Gasteiger partial charge in [0.2, 0.25) is 5.88 Å². The van der Waals surface area contributed by atoms with Crippen LogP contribution >= 0.6 is 0 Å². The predicted molar refractivity (Wildman–Crippen MR) is 49.4 cm³/mol. The Morgan fingerprint density at radius 3 is 2.69 bits per heavy atom. The zero-order valence-electron chi connectivity index (χ0n) is 7.82. The average molecular weight is 182 g/mol. The van der Waals surface area contributed by atoms with E-state index in [9.17, 15) is 0 Å². The number of hydrogen-bond donors (Lipinski definition) is 2. The lowest BCUT2D eigenvalue weighted by Crippen LogP contribution is -2.36. The van der Waals surface area contributed by atoms with Gasteiger partial charge in [-0.2, -0.15) is 0 Å². The first-order valence-electron chi connectivity index (χ1n) is 4.00. The molecule has 0 aliphatic carbocycles. The largest absolute Gasteiger partial charge is 0.481 e. The van der Waals surface area contributed by atoms with E-state index in [4.69, 9.17) is 15.6 Å². The number of nitrogens with zero attached hydrogens (tertiary/aromatic N) is 1. The molecule has 0 spiro atoms. The van der Waals surface area contributed by atoms with Gasteiger partial charge in [-0.15, -0.1) is 0 Å². The van der Waals surface area contributed by atoms with Gasteiger partial charge >= 0.3 is 0 Å². The van der Waals surface area contributed by atoms with Crippen molar-refractivity contribution in [2.75, 3.05) is 13.7 Å². The molecule has 0 aliphatic heterocycles. The Kier molecular flexibility index (Phi) is 2.85. The van der Waals surface area contributed by atoms with Crippen molar-refractivity contribution in [2.45, 2.75) is 12.5 Å². The molecular formula is C9H14N2O2. The highest BCUT2D eigenvalue weighted by molar-refractivity contribution is 5.23. The van der Waals surface area contributed by atoms with Crippen molar-refractivity contribution in [1.82, 2.24) is 4.98 Å². The fourth-order valence-electron chi connectivity index (χ4n) is 0.930. The van der Waals surface area contributed by atoms with Crippen LogP contribution < -0.4 is 10.5 Å². The Hall–Kier alpha value is -1.13. The monoisotopic (exact) mass is 182 g/mol. The van der Waals surface area contributed by atoms with Crippen molar-refractivity contribution in [2.24, 2.45) is 5.73 Å². The van der Waals surface area contributed by atoms with Gasteiger partial charge in [0.25, 0.3) is 0 Å². The third-order valence-electron chi connectivity index (χ3n) is 1.93. The smallest absolute Gasteiger partial charge is 0.212 e. The molecule has 0 saturated heterocycles. The second-order valence-corrected chi connectivity index (χ2v) is 3.16. The van der Waals surface area contributed by atoms with Crippen LogP contribution in [0.5, 0.6) is 5.88 Å². The van der Waals surface area contributed by atoms with Gasteiger partial charge in [0, 0.05) is 12.3 Å². The number of nitrogens with two attached hydrogens (primary N) is 1. The summed E-state index contributed by atoms with van der Waals surface area (Å²) in [4.78, 5) is 4.00. The van der Waals surface area contributed by atoms with Gasteiger partial charge in [-0.25, -0.2) is 4.98 Å². The summed E-state index contributed by atoms with van der Waals surface area (Å²) >= 11 is 0. The average Bonchev–Trinajstić information content (AvgIpc) is 2.18. The van der Waals surface area contributed by atoms with Crippen LogP contribution in [0.1, 0.15) is 12.5 Å². The number of rotatable bonds is 3. The van der Waals surface area contributed by atoms with E-state index in [1.54, 1.807) is 32.4 Å². The minimum absolute atomic E-state index is 0.110. The molecule has 0 bridgehead atoms. The molecule has 4 heteroatoms. The Labute approximate surface area is 77.4 Å². The molecular weight excluding hydrogens is 168 g/mol. The van der Waals surface area contributed by atoms with Crippen molar-refractivity contribution < 1.29 is 9.84 Å². The van der Waals surface area contributed by atoms with Gasteiger partial charge in [-0.1, -0.05) is 6.07 Å². The molecule has 0 aliphatic rings. The fourth-order valence-corrected chi connectivity index (χ4v) is 0.930. The van der Waals surface area contributed by atoms with Crippen LogP contribution in [0.4, 0.5) is 0 Å². The number of methoxy groups -OCH3 is 1. The molecule has 72 valence electrons. The van der Waals surface area contributed by atoms with Gasteiger partial charge in [-0.05, 0) is 12.5 Å². The van der Waals surface area contributed by atoms with E-state index in [0.29, 0.717) is 5.88 Å². The molecule has 4 nitrogen and oxygen atoms in total. The van der Waals surface area contributed by atoms with Crippen molar-refractivity contribution >= 4 is 0 Å². The van der Waals surface area contributed by atoms with Gasteiger partial charge in [-0.3, -0.25) is 0 Å². The van der Waals surface area contributed by atoms with Gasteiger partial charge < -0.3 is 15.6 Å². The minimum Gasteiger partial charge on any atom is -0.481 e. The number of aromatic nitrogens is 1. The van der Waals surface area contributed by atoms with Crippen LogP contribution in [0.2, 0.25) is 0 Å². The highest BCUT2D eigenvalue weighted by Gasteiger charge is 2.19. The summed E-state index contributed by atoms with van der Waals surface area (Å²) in [6, 6.07) is 3.51. The number of hydrogen-bond acceptors (Lipinski definition) is 4. The maximum atomic E-state index is 8.99. The first kappa shape index (κ1) is 9.95. The number of ether oxygens (including phenoxy) is 1. The zero-order chi connectivity index (χ0) is 9.90. The molecule has 1 aromatic rings. The third-order valence-corrected chi connectivity index (χ3v) is 1.93. The first-order chi connectivity index (χ1) is 6.10. The van der Waals surface area contributed by atoms with Crippen LogP contribution in [0.25, 0.3) is 0 Å². The Balaban J connectivity index is 2.92. The molecule has 1 rings (SSSR count).